The zero-order chi connectivity index (χ0) is 14.4. The molecule has 4 aromatic rings. The van der Waals surface area contributed by atoms with E-state index < -0.39 is 0 Å². The van der Waals surface area contributed by atoms with E-state index in [-0.39, 0.29) is 0 Å². The minimum absolute atomic E-state index is 0.755. The number of pyridine rings is 1. The van der Waals surface area contributed by atoms with Gasteiger partial charge in [0.15, 0.2) is 12.4 Å². The van der Waals surface area contributed by atoms with Crippen molar-refractivity contribution < 1.29 is 4.57 Å². The molecule has 4 rings (SSSR count). The van der Waals surface area contributed by atoms with Gasteiger partial charge in [-0.05, 0) is 18.2 Å². The van der Waals surface area contributed by atoms with E-state index in [2.05, 4.69) is 58.9 Å². The molecule has 0 aliphatic rings. The zero-order valence-electron chi connectivity index (χ0n) is 11.6. The van der Waals surface area contributed by atoms with Crippen LogP contribution >= 0.6 is 11.6 Å². The number of rotatable bonds is 1. The lowest BCUT2D eigenvalue weighted by atomic mass is 10.2. The van der Waals surface area contributed by atoms with E-state index in [4.69, 9.17) is 11.6 Å². The molecule has 2 nitrogen and oxygen atoms in total. The molecular weight excluding hydrogens is 280 g/mol. The number of fused-ring (bicyclic) bond motifs is 3. The highest BCUT2D eigenvalue weighted by Gasteiger charge is 2.13. The molecule has 0 unspecified atom stereocenters. The van der Waals surface area contributed by atoms with E-state index in [1.54, 1.807) is 0 Å². The van der Waals surface area contributed by atoms with Crippen LogP contribution in [0.25, 0.3) is 27.5 Å². The van der Waals surface area contributed by atoms with E-state index in [9.17, 15) is 0 Å². The summed E-state index contributed by atoms with van der Waals surface area (Å²) in [5.74, 6) is 0. The number of aromatic nitrogens is 2. The van der Waals surface area contributed by atoms with Crippen molar-refractivity contribution in [1.29, 1.82) is 0 Å². The molecule has 2 aromatic heterocycles. The first kappa shape index (κ1) is 12.4. The third kappa shape index (κ3) is 1.91. The van der Waals surface area contributed by atoms with Crippen LogP contribution in [0.3, 0.4) is 0 Å². The van der Waals surface area contributed by atoms with Crippen molar-refractivity contribution in [1.82, 2.24) is 4.57 Å². The molecule has 2 aromatic carbocycles. The van der Waals surface area contributed by atoms with Crippen molar-refractivity contribution >= 4 is 33.4 Å². The molecule has 2 heterocycles. The number of nitrogens with zero attached hydrogens (tertiary/aromatic N) is 2. The maximum atomic E-state index is 5.96. The molecule has 0 radical (unpaired) electrons. The summed E-state index contributed by atoms with van der Waals surface area (Å²) in [4.78, 5) is 0. The van der Waals surface area contributed by atoms with Gasteiger partial charge in [-0.25, -0.2) is 0 Å². The number of hydrogen-bond donors (Lipinski definition) is 0. The molecule has 0 bridgehead atoms. The van der Waals surface area contributed by atoms with Crippen molar-refractivity contribution in [2.45, 2.75) is 0 Å². The maximum Gasteiger partial charge on any atom is 0.210 e. The fourth-order valence-electron chi connectivity index (χ4n) is 2.88. The van der Waals surface area contributed by atoms with Crippen molar-refractivity contribution in [2.24, 2.45) is 7.05 Å². The van der Waals surface area contributed by atoms with E-state index in [1.807, 2.05) is 24.3 Å². The number of aryl methyl sites for hydroxylation is 1. The molecule has 0 atom stereocenters. The SMILES string of the molecule is Cn1c2ccccc2c2cc[n+](-c3ccc(Cl)cc3)cc21. The second-order valence-corrected chi connectivity index (χ2v) is 5.64. The first-order chi connectivity index (χ1) is 10.2. The third-order valence-electron chi connectivity index (χ3n) is 3.98. The van der Waals surface area contributed by atoms with Crippen LogP contribution in [0, 0.1) is 0 Å². The molecule has 0 saturated heterocycles. The molecular formula is C18H14ClN2+. The average molecular weight is 294 g/mol. The van der Waals surface area contributed by atoms with Crippen molar-refractivity contribution in [3.05, 3.63) is 72.0 Å². The molecule has 0 spiro atoms. The second kappa shape index (κ2) is 4.61. The number of para-hydroxylation sites is 1. The third-order valence-corrected chi connectivity index (χ3v) is 4.23. The van der Waals surface area contributed by atoms with Gasteiger partial charge in [0, 0.05) is 46.6 Å². The molecule has 0 aliphatic carbocycles. The van der Waals surface area contributed by atoms with Gasteiger partial charge < -0.3 is 4.57 Å². The predicted molar refractivity (Wildman–Crippen MR) is 87.0 cm³/mol. The van der Waals surface area contributed by atoms with Crippen LogP contribution in [0.4, 0.5) is 0 Å². The van der Waals surface area contributed by atoms with Crippen LogP contribution < -0.4 is 4.57 Å². The van der Waals surface area contributed by atoms with Gasteiger partial charge in [0.1, 0.15) is 5.52 Å². The fourth-order valence-corrected chi connectivity index (χ4v) is 3.00. The Morgan fingerprint density at radius 3 is 2.38 bits per heavy atom. The monoisotopic (exact) mass is 293 g/mol. The minimum atomic E-state index is 0.755. The lowest BCUT2D eigenvalue weighted by Gasteiger charge is -1.98. The van der Waals surface area contributed by atoms with Gasteiger partial charge in [-0.15, -0.1) is 0 Å². The maximum absolute atomic E-state index is 5.96. The standard InChI is InChI=1S/C18H14ClN2/c1-20-17-5-3-2-4-15(17)16-10-11-21(12-18(16)20)14-8-6-13(19)7-9-14/h2-12H,1H3/q+1. The molecule has 0 N–H and O–H groups in total. The number of benzene rings is 2. The van der Waals surface area contributed by atoms with Gasteiger partial charge in [0.2, 0.25) is 5.69 Å². The van der Waals surface area contributed by atoms with Crippen molar-refractivity contribution in [2.75, 3.05) is 0 Å². The Hall–Kier alpha value is -2.32. The largest absolute Gasteiger partial charge is 0.339 e. The first-order valence-corrected chi connectivity index (χ1v) is 7.26. The van der Waals surface area contributed by atoms with E-state index >= 15 is 0 Å². The highest BCUT2D eigenvalue weighted by molar-refractivity contribution is 6.30. The summed E-state index contributed by atoms with van der Waals surface area (Å²) in [6, 6.07) is 18.5. The Kier molecular flexibility index (Phi) is 2.72. The number of halogens is 1. The van der Waals surface area contributed by atoms with Gasteiger partial charge in [-0.2, -0.15) is 4.57 Å². The summed E-state index contributed by atoms with van der Waals surface area (Å²) in [5.41, 5.74) is 3.57. The fraction of sp³-hybridized carbons (Fsp3) is 0.0556. The molecule has 3 heteroatoms. The van der Waals surface area contributed by atoms with Crippen LogP contribution in [0.5, 0.6) is 0 Å². The highest BCUT2D eigenvalue weighted by atomic mass is 35.5. The highest BCUT2D eigenvalue weighted by Crippen LogP contribution is 2.26. The van der Waals surface area contributed by atoms with Crippen LogP contribution in [0.1, 0.15) is 0 Å². The Labute approximate surface area is 127 Å². The van der Waals surface area contributed by atoms with Crippen LogP contribution in [0.15, 0.2) is 67.0 Å². The van der Waals surface area contributed by atoms with Crippen LogP contribution in [-0.4, -0.2) is 4.57 Å². The molecule has 0 amide bonds. The molecule has 102 valence electrons. The van der Waals surface area contributed by atoms with E-state index in [0.717, 1.165) is 10.7 Å². The minimum Gasteiger partial charge on any atom is -0.339 e. The Morgan fingerprint density at radius 1 is 0.857 bits per heavy atom. The van der Waals surface area contributed by atoms with Crippen molar-refractivity contribution in [3.8, 4) is 5.69 Å². The van der Waals surface area contributed by atoms with Crippen LogP contribution in [0.2, 0.25) is 5.02 Å². The number of hydrogen-bond acceptors (Lipinski definition) is 0. The summed E-state index contributed by atoms with van der Waals surface area (Å²) in [6.07, 6.45) is 4.26. The molecule has 0 saturated carbocycles. The van der Waals surface area contributed by atoms with Gasteiger partial charge in [-0.3, -0.25) is 0 Å². The van der Waals surface area contributed by atoms with Gasteiger partial charge in [0.25, 0.3) is 0 Å². The van der Waals surface area contributed by atoms with Gasteiger partial charge >= 0.3 is 0 Å². The lowest BCUT2D eigenvalue weighted by Crippen LogP contribution is -2.29. The van der Waals surface area contributed by atoms with Gasteiger partial charge in [-0.1, -0.05) is 29.8 Å². The van der Waals surface area contributed by atoms with E-state index in [1.165, 1.54) is 21.8 Å². The Balaban J connectivity index is 2.00. The Bertz CT molecular complexity index is 952. The summed E-state index contributed by atoms with van der Waals surface area (Å²) in [6.45, 7) is 0. The topological polar surface area (TPSA) is 8.81 Å². The van der Waals surface area contributed by atoms with Crippen LogP contribution in [-0.2, 0) is 7.05 Å². The quantitative estimate of drug-likeness (QED) is 0.464. The molecule has 21 heavy (non-hydrogen) atoms. The van der Waals surface area contributed by atoms with E-state index in [0.29, 0.717) is 0 Å². The zero-order valence-corrected chi connectivity index (χ0v) is 12.4. The summed E-state index contributed by atoms with van der Waals surface area (Å²) >= 11 is 5.96. The first-order valence-electron chi connectivity index (χ1n) is 6.88. The summed E-state index contributed by atoms with van der Waals surface area (Å²) in [7, 11) is 2.11. The summed E-state index contributed by atoms with van der Waals surface area (Å²) < 4.78 is 4.36. The smallest absolute Gasteiger partial charge is 0.210 e. The summed E-state index contributed by atoms with van der Waals surface area (Å²) in [5, 5.41) is 3.32. The average Bonchev–Trinajstić information content (AvgIpc) is 2.81. The normalized spacial score (nSPS) is 11.3. The molecule has 0 fully saturated rings. The lowest BCUT2D eigenvalue weighted by molar-refractivity contribution is -0.594. The second-order valence-electron chi connectivity index (χ2n) is 5.20. The predicted octanol–water partition coefficient (Wildman–Crippen LogP) is 4.26. The molecule has 0 aliphatic heterocycles. The van der Waals surface area contributed by atoms with Gasteiger partial charge in [0.05, 0.1) is 0 Å². The van der Waals surface area contributed by atoms with Crippen molar-refractivity contribution in [3.63, 3.8) is 0 Å². The Morgan fingerprint density at radius 2 is 1.57 bits per heavy atom.